The molecule has 2 rings (SSSR count). The largest absolute Gasteiger partial charge is 0.373 e. The molecule has 20 heavy (non-hydrogen) atoms. The fraction of sp³-hybridized carbons (Fsp3) is 0.308. The van der Waals surface area contributed by atoms with E-state index in [-0.39, 0.29) is 11.7 Å². The van der Waals surface area contributed by atoms with Crippen molar-refractivity contribution in [2.45, 2.75) is 19.4 Å². The van der Waals surface area contributed by atoms with E-state index < -0.39 is 4.92 Å². The summed E-state index contributed by atoms with van der Waals surface area (Å²) in [6, 6.07) is 5.16. The van der Waals surface area contributed by atoms with Crippen molar-refractivity contribution >= 4 is 28.7 Å². The van der Waals surface area contributed by atoms with Gasteiger partial charge in [-0.25, -0.2) is 4.98 Å². The number of aromatic nitrogens is 1. The molecule has 0 aliphatic carbocycles. The van der Waals surface area contributed by atoms with Crippen LogP contribution in [0.5, 0.6) is 0 Å². The fourth-order valence-corrected chi connectivity index (χ4v) is 2.57. The van der Waals surface area contributed by atoms with E-state index in [1.807, 2.05) is 12.3 Å². The van der Waals surface area contributed by atoms with Crippen molar-refractivity contribution in [2.75, 3.05) is 17.7 Å². The van der Waals surface area contributed by atoms with E-state index in [2.05, 4.69) is 27.1 Å². The van der Waals surface area contributed by atoms with Crippen LogP contribution >= 0.6 is 11.3 Å². The first-order valence-corrected chi connectivity index (χ1v) is 7.15. The normalized spacial score (nSPS) is 11.9. The van der Waals surface area contributed by atoms with E-state index in [1.165, 1.54) is 11.6 Å². The molecule has 0 saturated heterocycles. The predicted octanol–water partition coefficient (Wildman–Crippen LogP) is 3.14. The maximum Gasteiger partial charge on any atom is 0.311 e. The maximum absolute atomic E-state index is 11.0. The lowest BCUT2D eigenvalue weighted by Crippen LogP contribution is -2.19. The predicted molar refractivity (Wildman–Crippen MR) is 81.5 cm³/mol. The van der Waals surface area contributed by atoms with Gasteiger partial charge in [0.25, 0.3) is 0 Å². The van der Waals surface area contributed by atoms with Crippen LogP contribution in [-0.4, -0.2) is 23.0 Å². The van der Waals surface area contributed by atoms with E-state index in [0.717, 1.165) is 6.42 Å². The maximum atomic E-state index is 11.0. The third-order valence-corrected chi connectivity index (χ3v) is 3.56. The van der Waals surface area contributed by atoms with Crippen LogP contribution in [0.25, 0.3) is 0 Å². The van der Waals surface area contributed by atoms with Gasteiger partial charge < -0.3 is 10.6 Å². The fourth-order valence-electron chi connectivity index (χ4n) is 1.89. The molecular formula is C13H16N4O2S. The van der Waals surface area contributed by atoms with Gasteiger partial charge in [-0.3, -0.25) is 10.1 Å². The van der Waals surface area contributed by atoms with Gasteiger partial charge in [0.2, 0.25) is 5.82 Å². The molecule has 0 bridgehead atoms. The van der Waals surface area contributed by atoms with Gasteiger partial charge in [-0.15, -0.1) is 0 Å². The highest BCUT2D eigenvalue weighted by Crippen LogP contribution is 2.25. The number of anilines is 2. The van der Waals surface area contributed by atoms with E-state index >= 15 is 0 Å². The molecule has 106 valence electrons. The van der Waals surface area contributed by atoms with Gasteiger partial charge in [0.1, 0.15) is 5.82 Å². The molecule has 0 aromatic carbocycles. The van der Waals surface area contributed by atoms with Crippen molar-refractivity contribution in [2.24, 2.45) is 0 Å². The van der Waals surface area contributed by atoms with E-state index in [9.17, 15) is 10.1 Å². The van der Waals surface area contributed by atoms with Crippen LogP contribution in [0, 0.1) is 10.1 Å². The Hall–Kier alpha value is -2.15. The quantitative estimate of drug-likeness (QED) is 0.631. The Morgan fingerprint density at radius 3 is 2.85 bits per heavy atom. The summed E-state index contributed by atoms with van der Waals surface area (Å²) < 4.78 is 0. The first kappa shape index (κ1) is 14.3. The molecule has 0 aliphatic rings. The molecule has 0 fully saturated rings. The highest BCUT2D eigenvalue weighted by molar-refractivity contribution is 7.07. The lowest BCUT2D eigenvalue weighted by Gasteiger charge is -2.14. The Labute approximate surface area is 121 Å². The molecule has 2 N–H and O–H groups in total. The van der Waals surface area contributed by atoms with Gasteiger partial charge >= 0.3 is 5.69 Å². The first-order valence-electron chi connectivity index (χ1n) is 6.21. The zero-order valence-electron chi connectivity index (χ0n) is 11.3. The molecule has 2 heterocycles. The molecular weight excluding hydrogens is 276 g/mol. The highest BCUT2D eigenvalue weighted by atomic mass is 32.1. The average molecular weight is 292 g/mol. The molecule has 0 radical (unpaired) electrons. The second-order valence-electron chi connectivity index (χ2n) is 4.45. The van der Waals surface area contributed by atoms with Gasteiger partial charge in [-0.2, -0.15) is 11.3 Å². The zero-order valence-corrected chi connectivity index (χ0v) is 12.1. The minimum Gasteiger partial charge on any atom is -0.373 e. The number of pyridine rings is 1. The number of nitrogens with zero attached hydrogens (tertiary/aromatic N) is 2. The van der Waals surface area contributed by atoms with Crippen molar-refractivity contribution in [3.8, 4) is 0 Å². The van der Waals surface area contributed by atoms with Crippen molar-refractivity contribution in [3.63, 3.8) is 0 Å². The zero-order chi connectivity index (χ0) is 14.5. The number of hydrogen-bond donors (Lipinski definition) is 2. The van der Waals surface area contributed by atoms with Crippen LogP contribution in [-0.2, 0) is 6.42 Å². The Morgan fingerprint density at radius 2 is 2.25 bits per heavy atom. The van der Waals surface area contributed by atoms with Crippen LogP contribution in [0.4, 0.5) is 17.3 Å². The minimum absolute atomic E-state index is 0.0128. The number of hydrogen-bond acceptors (Lipinski definition) is 6. The second kappa shape index (κ2) is 6.33. The summed E-state index contributed by atoms with van der Waals surface area (Å²) in [5.74, 6) is 0.894. The molecule has 6 nitrogen and oxygen atoms in total. The summed E-state index contributed by atoms with van der Waals surface area (Å²) in [6.45, 7) is 1.98. The summed E-state index contributed by atoms with van der Waals surface area (Å²) >= 11 is 1.64. The molecule has 1 atom stereocenters. The number of thiophene rings is 1. The van der Waals surface area contributed by atoms with E-state index in [0.29, 0.717) is 11.6 Å². The molecule has 0 spiro atoms. The molecule has 2 aromatic rings. The van der Waals surface area contributed by atoms with Gasteiger partial charge in [0.05, 0.1) is 4.92 Å². The van der Waals surface area contributed by atoms with Crippen molar-refractivity contribution in [3.05, 3.63) is 44.6 Å². The lowest BCUT2D eigenvalue weighted by atomic mass is 10.1. The van der Waals surface area contributed by atoms with Crippen LogP contribution < -0.4 is 10.6 Å². The SMILES string of the molecule is CNc1ccc([N+](=O)[O-])c(NC(C)Cc2ccsc2)n1. The molecule has 0 aliphatic heterocycles. The average Bonchev–Trinajstić information content (AvgIpc) is 2.90. The van der Waals surface area contributed by atoms with Crippen LogP contribution in [0.1, 0.15) is 12.5 Å². The highest BCUT2D eigenvalue weighted by Gasteiger charge is 2.17. The summed E-state index contributed by atoms with van der Waals surface area (Å²) in [4.78, 5) is 14.8. The Morgan fingerprint density at radius 1 is 1.45 bits per heavy atom. The molecule has 0 saturated carbocycles. The minimum atomic E-state index is -0.425. The Bertz CT molecular complexity index is 586. The monoisotopic (exact) mass is 292 g/mol. The van der Waals surface area contributed by atoms with Crippen LogP contribution in [0.2, 0.25) is 0 Å². The van der Waals surface area contributed by atoms with Gasteiger partial charge in [-0.05, 0) is 41.8 Å². The second-order valence-corrected chi connectivity index (χ2v) is 5.23. The van der Waals surface area contributed by atoms with E-state index in [1.54, 1.807) is 24.5 Å². The van der Waals surface area contributed by atoms with Gasteiger partial charge in [0.15, 0.2) is 0 Å². The van der Waals surface area contributed by atoms with Crippen LogP contribution in [0.3, 0.4) is 0 Å². The summed E-state index contributed by atoms with van der Waals surface area (Å²) in [6.07, 6.45) is 0.798. The molecule has 0 amide bonds. The Kier molecular flexibility index (Phi) is 4.52. The van der Waals surface area contributed by atoms with Crippen molar-refractivity contribution in [1.82, 2.24) is 4.98 Å². The number of nitrogens with one attached hydrogen (secondary N) is 2. The van der Waals surface area contributed by atoms with Crippen molar-refractivity contribution < 1.29 is 4.92 Å². The summed E-state index contributed by atoms with van der Waals surface area (Å²) in [5, 5.41) is 21.1. The number of rotatable bonds is 6. The van der Waals surface area contributed by atoms with E-state index in [4.69, 9.17) is 0 Å². The van der Waals surface area contributed by atoms with Crippen LogP contribution in [0.15, 0.2) is 29.0 Å². The molecule has 2 aromatic heterocycles. The third-order valence-electron chi connectivity index (χ3n) is 2.83. The smallest absolute Gasteiger partial charge is 0.311 e. The first-order chi connectivity index (χ1) is 9.60. The summed E-state index contributed by atoms with van der Waals surface area (Å²) in [5.41, 5.74) is 1.20. The lowest BCUT2D eigenvalue weighted by molar-refractivity contribution is -0.384. The van der Waals surface area contributed by atoms with Gasteiger partial charge in [-0.1, -0.05) is 0 Å². The standard InChI is InChI=1S/C13H16N4O2S/c1-9(7-10-5-6-20-8-10)15-13-11(17(18)19)3-4-12(14-2)16-13/h3-6,8-9H,7H2,1-2H3,(H2,14,15,16). The summed E-state index contributed by atoms with van der Waals surface area (Å²) in [7, 11) is 1.73. The molecule has 7 heteroatoms. The Balaban J connectivity index is 2.16. The third kappa shape index (κ3) is 3.45. The van der Waals surface area contributed by atoms with Crippen molar-refractivity contribution in [1.29, 1.82) is 0 Å². The topological polar surface area (TPSA) is 80.1 Å². The molecule has 1 unspecified atom stereocenters. The number of nitro groups is 1. The van der Waals surface area contributed by atoms with Gasteiger partial charge in [0, 0.05) is 19.2 Å².